The molecule has 6 nitrogen and oxygen atoms in total. The second kappa shape index (κ2) is 3.80. The van der Waals surface area contributed by atoms with Gasteiger partial charge in [0, 0.05) is 18.2 Å². The van der Waals surface area contributed by atoms with E-state index in [4.69, 9.17) is 10.8 Å². The van der Waals surface area contributed by atoms with Gasteiger partial charge in [-0.2, -0.15) is 0 Å². The summed E-state index contributed by atoms with van der Waals surface area (Å²) in [4.78, 5) is 10.9. The van der Waals surface area contributed by atoms with E-state index in [9.17, 15) is 4.79 Å². The molecule has 2 aliphatic carbocycles. The van der Waals surface area contributed by atoms with E-state index >= 15 is 0 Å². The second-order valence-electron chi connectivity index (χ2n) is 5.14. The monoisotopic (exact) mass is 236 g/mol. The lowest BCUT2D eigenvalue weighted by Crippen LogP contribution is -2.27. The maximum atomic E-state index is 10.9. The zero-order valence-corrected chi connectivity index (χ0v) is 9.49. The molecular formula is C11H16N4O2. The number of carbonyl (C=O) groups is 1. The molecule has 17 heavy (non-hydrogen) atoms. The SMILES string of the molecule is N[C@H]1CC(C(=O)O)C[C@H]1n1cc(C2CC2)nn1. The molecule has 2 aliphatic rings. The van der Waals surface area contributed by atoms with Gasteiger partial charge in [0.25, 0.3) is 0 Å². The number of hydrogen-bond acceptors (Lipinski definition) is 4. The average Bonchev–Trinajstić information content (AvgIpc) is 2.88. The molecule has 2 saturated carbocycles. The fourth-order valence-corrected chi connectivity index (χ4v) is 2.57. The highest BCUT2D eigenvalue weighted by atomic mass is 16.4. The van der Waals surface area contributed by atoms with Crippen molar-refractivity contribution in [2.45, 2.75) is 43.7 Å². The number of rotatable bonds is 3. The highest BCUT2D eigenvalue weighted by Crippen LogP contribution is 2.40. The van der Waals surface area contributed by atoms with Crippen LogP contribution in [0.2, 0.25) is 0 Å². The van der Waals surface area contributed by atoms with Gasteiger partial charge in [-0.05, 0) is 25.7 Å². The molecule has 3 N–H and O–H groups in total. The van der Waals surface area contributed by atoms with Crippen LogP contribution in [0.25, 0.3) is 0 Å². The minimum atomic E-state index is -0.759. The summed E-state index contributed by atoms with van der Waals surface area (Å²) in [5.74, 6) is -0.536. The average molecular weight is 236 g/mol. The number of carboxylic acids is 1. The molecule has 0 amide bonds. The van der Waals surface area contributed by atoms with Gasteiger partial charge in [0.05, 0.1) is 17.7 Å². The van der Waals surface area contributed by atoms with Crippen LogP contribution in [0.3, 0.4) is 0 Å². The van der Waals surface area contributed by atoms with Crippen molar-refractivity contribution in [1.29, 1.82) is 0 Å². The van der Waals surface area contributed by atoms with Gasteiger partial charge in [-0.3, -0.25) is 4.79 Å². The van der Waals surface area contributed by atoms with Crippen molar-refractivity contribution in [1.82, 2.24) is 15.0 Å². The molecule has 0 aromatic carbocycles. The molecular weight excluding hydrogens is 220 g/mol. The van der Waals surface area contributed by atoms with E-state index in [2.05, 4.69) is 10.3 Å². The van der Waals surface area contributed by atoms with Crippen LogP contribution in [0.4, 0.5) is 0 Å². The Morgan fingerprint density at radius 1 is 1.47 bits per heavy atom. The molecule has 92 valence electrons. The fourth-order valence-electron chi connectivity index (χ4n) is 2.57. The van der Waals surface area contributed by atoms with Crippen LogP contribution in [0.15, 0.2) is 6.20 Å². The molecule has 0 aliphatic heterocycles. The normalized spacial score (nSPS) is 32.9. The first-order valence-corrected chi connectivity index (χ1v) is 6.05. The first kappa shape index (κ1) is 10.7. The summed E-state index contributed by atoms with van der Waals surface area (Å²) < 4.78 is 1.77. The maximum absolute atomic E-state index is 10.9. The summed E-state index contributed by atoms with van der Waals surface area (Å²) in [6, 6.07) is -0.152. The van der Waals surface area contributed by atoms with Gasteiger partial charge in [-0.15, -0.1) is 5.10 Å². The number of aromatic nitrogens is 3. The molecule has 1 unspecified atom stereocenters. The number of aliphatic carboxylic acids is 1. The van der Waals surface area contributed by atoms with Crippen LogP contribution in [0.1, 0.15) is 43.3 Å². The van der Waals surface area contributed by atoms with E-state index in [0.717, 1.165) is 5.69 Å². The van der Waals surface area contributed by atoms with Crippen molar-refractivity contribution in [3.8, 4) is 0 Å². The standard InChI is InChI=1S/C11H16N4O2/c12-8-3-7(11(16)17)4-10(8)15-5-9(13-14-15)6-1-2-6/h5-8,10H,1-4,12H2,(H,16,17)/t7?,8-,10+/m0/s1. The number of nitrogens with two attached hydrogens (primary N) is 1. The Bertz CT molecular complexity index is 440. The molecule has 0 bridgehead atoms. The smallest absolute Gasteiger partial charge is 0.306 e. The highest BCUT2D eigenvalue weighted by Gasteiger charge is 2.38. The van der Waals surface area contributed by atoms with Crippen LogP contribution >= 0.6 is 0 Å². The van der Waals surface area contributed by atoms with Crippen molar-refractivity contribution in [3.05, 3.63) is 11.9 Å². The van der Waals surface area contributed by atoms with Crippen LogP contribution in [0.5, 0.6) is 0 Å². The van der Waals surface area contributed by atoms with E-state index in [1.165, 1.54) is 12.8 Å². The Kier molecular flexibility index (Phi) is 2.39. The topological polar surface area (TPSA) is 94.0 Å². The van der Waals surface area contributed by atoms with Crippen LogP contribution in [-0.2, 0) is 4.79 Å². The van der Waals surface area contributed by atoms with Gasteiger partial charge in [0.1, 0.15) is 0 Å². The minimum absolute atomic E-state index is 0.0175. The molecule has 1 aromatic heterocycles. The van der Waals surface area contributed by atoms with Crippen molar-refractivity contribution in [2.24, 2.45) is 11.7 Å². The molecule has 1 aromatic rings. The Labute approximate surface area is 98.8 Å². The predicted octanol–water partition coefficient (Wildman–Crippen LogP) is 0.518. The second-order valence-corrected chi connectivity index (χ2v) is 5.14. The largest absolute Gasteiger partial charge is 0.481 e. The Balaban J connectivity index is 1.76. The lowest BCUT2D eigenvalue weighted by atomic mass is 10.1. The Morgan fingerprint density at radius 2 is 2.24 bits per heavy atom. The highest BCUT2D eigenvalue weighted by molar-refractivity contribution is 5.70. The van der Waals surface area contributed by atoms with E-state index in [1.54, 1.807) is 4.68 Å². The summed E-state index contributed by atoms with van der Waals surface area (Å²) >= 11 is 0. The first-order chi connectivity index (χ1) is 8.15. The predicted molar refractivity (Wildman–Crippen MR) is 59.4 cm³/mol. The maximum Gasteiger partial charge on any atom is 0.306 e. The van der Waals surface area contributed by atoms with Crippen molar-refractivity contribution < 1.29 is 9.90 Å². The molecule has 0 spiro atoms. The van der Waals surface area contributed by atoms with Gasteiger partial charge in [-0.25, -0.2) is 4.68 Å². The van der Waals surface area contributed by atoms with Gasteiger partial charge >= 0.3 is 5.97 Å². The van der Waals surface area contributed by atoms with E-state index < -0.39 is 5.97 Å². The third-order valence-electron chi connectivity index (χ3n) is 3.79. The molecule has 6 heteroatoms. The molecule has 3 atom stereocenters. The van der Waals surface area contributed by atoms with E-state index in [-0.39, 0.29) is 18.0 Å². The summed E-state index contributed by atoms with van der Waals surface area (Å²) in [6.07, 6.45) is 5.40. The lowest BCUT2D eigenvalue weighted by molar-refractivity contribution is -0.141. The molecule has 3 rings (SSSR count). The summed E-state index contributed by atoms with van der Waals surface area (Å²) in [6.45, 7) is 0. The van der Waals surface area contributed by atoms with E-state index in [1.807, 2.05) is 6.20 Å². The summed E-state index contributed by atoms with van der Waals surface area (Å²) in [5.41, 5.74) is 7.01. The van der Waals surface area contributed by atoms with Crippen molar-refractivity contribution in [2.75, 3.05) is 0 Å². The number of nitrogens with zero attached hydrogens (tertiary/aromatic N) is 3. The molecule has 0 saturated heterocycles. The van der Waals surface area contributed by atoms with Gasteiger partial charge in [-0.1, -0.05) is 5.21 Å². The van der Waals surface area contributed by atoms with Gasteiger partial charge in [0.2, 0.25) is 0 Å². The third kappa shape index (κ3) is 1.93. The van der Waals surface area contributed by atoms with Crippen molar-refractivity contribution >= 4 is 5.97 Å². The third-order valence-corrected chi connectivity index (χ3v) is 3.79. The van der Waals surface area contributed by atoms with Crippen LogP contribution in [-0.4, -0.2) is 32.1 Å². The van der Waals surface area contributed by atoms with Crippen LogP contribution < -0.4 is 5.73 Å². The van der Waals surface area contributed by atoms with Gasteiger partial charge < -0.3 is 10.8 Å². The Hall–Kier alpha value is -1.43. The minimum Gasteiger partial charge on any atom is -0.481 e. The zero-order valence-electron chi connectivity index (χ0n) is 9.49. The fraction of sp³-hybridized carbons (Fsp3) is 0.727. The lowest BCUT2D eigenvalue weighted by Gasteiger charge is -2.14. The van der Waals surface area contributed by atoms with E-state index in [0.29, 0.717) is 18.8 Å². The molecule has 2 fully saturated rings. The summed E-state index contributed by atoms with van der Waals surface area (Å²) in [5, 5.41) is 17.2. The quantitative estimate of drug-likeness (QED) is 0.797. The summed E-state index contributed by atoms with van der Waals surface area (Å²) in [7, 11) is 0. The Morgan fingerprint density at radius 3 is 2.82 bits per heavy atom. The molecule has 0 radical (unpaired) electrons. The molecule has 1 heterocycles. The van der Waals surface area contributed by atoms with Gasteiger partial charge in [0.15, 0.2) is 0 Å². The first-order valence-electron chi connectivity index (χ1n) is 6.05. The number of carboxylic acid groups (broad SMARTS) is 1. The zero-order chi connectivity index (χ0) is 12.0. The van der Waals surface area contributed by atoms with Crippen molar-refractivity contribution in [3.63, 3.8) is 0 Å². The van der Waals surface area contributed by atoms with Crippen LogP contribution in [0, 0.1) is 5.92 Å². The number of hydrogen-bond donors (Lipinski definition) is 2.